The van der Waals surface area contributed by atoms with E-state index in [2.05, 4.69) is 9.71 Å². The molecule has 0 fully saturated rings. The molecule has 0 aliphatic heterocycles. The molecule has 0 atom stereocenters. The summed E-state index contributed by atoms with van der Waals surface area (Å²) in [5, 5.41) is 11.5. The van der Waals surface area contributed by atoms with Gasteiger partial charge in [-0.1, -0.05) is 17.7 Å². The number of anilines is 1. The second-order valence-electron chi connectivity index (χ2n) is 6.56. The van der Waals surface area contributed by atoms with Crippen LogP contribution in [0.5, 0.6) is 0 Å². The number of aryl methyl sites for hydroxylation is 2. The zero-order valence-electron chi connectivity index (χ0n) is 16.9. The van der Waals surface area contributed by atoms with Crippen LogP contribution in [0.25, 0.3) is 10.6 Å². The standard InChI is InChI=1S/C20H19N3O6S2/c1-4-29-20(24)18-13(3)21-19(30-18)16-11-14(23(25)26)7-10-17(16)22-31(27,28)15-8-5-12(2)6-9-15/h5-11,22H,4H2,1-3H3. The average Bonchev–Trinajstić information content (AvgIpc) is 3.10. The lowest BCUT2D eigenvalue weighted by Gasteiger charge is -2.11. The number of carbonyl (C=O) groups is 1. The van der Waals surface area contributed by atoms with E-state index in [1.165, 1.54) is 30.3 Å². The number of nitrogens with one attached hydrogen (secondary N) is 1. The van der Waals surface area contributed by atoms with Crippen molar-refractivity contribution in [2.24, 2.45) is 0 Å². The number of carbonyl (C=O) groups excluding carboxylic acids is 1. The van der Waals surface area contributed by atoms with Gasteiger partial charge in [0.05, 0.1) is 27.8 Å². The minimum Gasteiger partial charge on any atom is -0.462 e. The van der Waals surface area contributed by atoms with Crippen LogP contribution < -0.4 is 4.72 Å². The van der Waals surface area contributed by atoms with Gasteiger partial charge in [-0.2, -0.15) is 0 Å². The maximum Gasteiger partial charge on any atom is 0.350 e. The van der Waals surface area contributed by atoms with E-state index in [9.17, 15) is 23.3 Å². The van der Waals surface area contributed by atoms with Gasteiger partial charge in [0, 0.05) is 17.7 Å². The van der Waals surface area contributed by atoms with Gasteiger partial charge in [-0.05, 0) is 39.0 Å². The van der Waals surface area contributed by atoms with E-state index in [4.69, 9.17) is 4.74 Å². The Bertz CT molecular complexity index is 1250. The van der Waals surface area contributed by atoms with Crippen LogP contribution in [0.15, 0.2) is 47.4 Å². The first-order chi connectivity index (χ1) is 14.6. The van der Waals surface area contributed by atoms with Crippen LogP contribution >= 0.6 is 11.3 Å². The Morgan fingerprint density at radius 1 is 1.19 bits per heavy atom. The summed E-state index contributed by atoms with van der Waals surface area (Å²) < 4.78 is 33.2. The molecule has 31 heavy (non-hydrogen) atoms. The van der Waals surface area contributed by atoms with Crippen molar-refractivity contribution >= 4 is 38.7 Å². The topological polar surface area (TPSA) is 128 Å². The number of nitro groups is 1. The molecule has 0 unspecified atom stereocenters. The summed E-state index contributed by atoms with van der Waals surface area (Å²) in [6.45, 7) is 5.31. The predicted octanol–water partition coefficient (Wildman–Crippen LogP) is 4.31. The molecule has 1 N–H and O–H groups in total. The van der Waals surface area contributed by atoms with E-state index in [0.717, 1.165) is 16.9 Å². The number of benzene rings is 2. The average molecular weight is 462 g/mol. The van der Waals surface area contributed by atoms with Crippen molar-refractivity contribution < 1.29 is 22.9 Å². The molecule has 11 heteroatoms. The number of rotatable bonds is 7. The van der Waals surface area contributed by atoms with Gasteiger partial charge in [0.25, 0.3) is 15.7 Å². The van der Waals surface area contributed by atoms with Gasteiger partial charge >= 0.3 is 5.97 Å². The van der Waals surface area contributed by atoms with Crippen LogP contribution in [0.1, 0.15) is 27.9 Å². The first kappa shape index (κ1) is 22.4. The number of nitro benzene ring substituents is 1. The summed E-state index contributed by atoms with van der Waals surface area (Å²) in [6, 6.07) is 10.00. The number of nitrogens with zero attached hydrogens (tertiary/aromatic N) is 2. The highest BCUT2D eigenvalue weighted by Crippen LogP contribution is 2.37. The highest BCUT2D eigenvalue weighted by Gasteiger charge is 2.23. The number of aromatic nitrogens is 1. The maximum atomic E-state index is 12.8. The summed E-state index contributed by atoms with van der Waals surface area (Å²) in [5.41, 5.74) is 1.35. The third-order valence-corrected chi connectivity index (χ3v) is 6.83. The minimum atomic E-state index is -3.96. The second-order valence-corrected chi connectivity index (χ2v) is 9.24. The normalized spacial score (nSPS) is 11.2. The van der Waals surface area contributed by atoms with Crippen LogP contribution in [-0.2, 0) is 14.8 Å². The highest BCUT2D eigenvalue weighted by molar-refractivity contribution is 7.92. The van der Waals surface area contributed by atoms with Gasteiger partial charge in [-0.25, -0.2) is 18.2 Å². The molecule has 0 bridgehead atoms. The van der Waals surface area contributed by atoms with Gasteiger partial charge in [0.2, 0.25) is 0 Å². The first-order valence-corrected chi connectivity index (χ1v) is 11.4. The van der Waals surface area contributed by atoms with E-state index in [-0.39, 0.29) is 38.3 Å². The molecule has 162 valence electrons. The lowest BCUT2D eigenvalue weighted by molar-refractivity contribution is -0.384. The summed E-state index contributed by atoms with van der Waals surface area (Å²) in [7, 11) is -3.96. The Morgan fingerprint density at radius 2 is 1.87 bits per heavy atom. The third kappa shape index (κ3) is 4.89. The molecule has 0 saturated carbocycles. The van der Waals surface area contributed by atoms with E-state index in [1.807, 2.05) is 6.92 Å². The fourth-order valence-electron chi connectivity index (χ4n) is 2.73. The molecule has 1 aromatic heterocycles. The number of hydrogen-bond donors (Lipinski definition) is 1. The lowest BCUT2D eigenvalue weighted by atomic mass is 10.1. The number of ether oxygens (including phenoxy) is 1. The largest absolute Gasteiger partial charge is 0.462 e. The molecule has 3 aromatic rings. The molecule has 9 nitrogen and oxygen atoms in total. The van der Waals surface area contributed by atoms with E-state index in [0.29, 0.717) is 5.69 Å². The van der Waals surface area contributed by atoms with E-state index in [1.54, 1.807) is 26.0 Å². The van der Waals surface area contributed by atoms with Crippen molar-refractivity contribution in [1.29, 1.82) is 0 Å². The number of esters is 1. The SMILES string of the molecule is CCOC(=O)c1sc(-c2cc([N+](=O)[O-])ccc2NS(=O)(=O)c2ccc(C)cc2)nc1C. The third-order valence-electron chi connectivity index (χ3n) is 4.28. The van der Waals surface area contributed by atoms with Gasteiger partial charge in [-0.3, -0.25) is 14.8 Å². The zero-order valence-corrected chi connectivity index (χ0v) is 18.5. The Hall–Kier alpha value is -3.31. The van der Waals surface area contributed by atoms with Gasteiger partial charge in [0.1, 0.15) is 9.88 Å². The highest BCUT2D eigenvalue weighted by atomic mass is 32.2. The molecule has 0 spiro atoms. The van der Waals surface area contributed by atoms with Gasteiger partial charge < -0.3 is 4.74 Å². The smallest absolute Gasteiger partial charge is 0.350 e. The summed E-state index contributed by atoms with van der Waals surface area (Å²) in [5.74, 6) is -0.559. The summed E-state index contributed by atoms with van der Waals surface area (Å²) in [4.78, 5) is 27.4. The Labute approximate surface area is 182 Å². The molecule has 3 rings (SSSR count). The molecule has 2 aromatic carbocycles. The number of sulfonamides is 1. The van der Waals surface area contributed by atoms with Crippen molar-refractivity contribution in [3.8, 4) is 10.6 Å². The minimum absolute atomic E-state index is 0.0462. The number of non-ortho nitro benzene ring substituents is 1. The number of thiazole rings is 1. The zero-order chi connectivity index (χ0) is 22.8. The molecule has 0 amide bonds. The summed E-state index contributed by atoms with van der Waals surface area (Å²) in [6.07, 6.45) is 0. The molecule has 0 aliphatic carbocycles. The molecular formula is C20H19N3O6S2. The molecule has 0 radical (unpaired) electrons. The Kier molecular flexibility index (Phi) is 6.37. The molecule has 0 saturated heterocycles. The maximum absolute atomic E-state index is 12.8. The fraction of sp³-hybridized carbons (Fsp3) is 0.200. The van der Waals surface area contributed by atoms with Gasteiger partial charge in [0.15, 0.2) is 0 Å². The van der Waals surface area contributed by atoms with Crippen molar-refractivity contribution in [2.75, 3.05) is 11.3 Å². The van der Waals surface area contributed by atoms with E-state index < -0.39 is 20.9 Å². The molecule has 0 aliphatic rings. The van der Waals surface area contributed by atoms with Crippen LogP contribution in [-0.4, -0.2) is 30.9 Å². The Balaban J connectivity index is 2.09. The second kappa shape index (κ2) is 8.82. The Morgan fingerprint density at radius 3 is 2.48 bits per heavy atom. The molecule has 1 heterocycles. The number of hydrogen-bond acceptors (Lipinski definition) is 8. The lowest BCUT2D eigenvalue weighted by Crippen LogP contribution is -2.13. The first-order valence-electron chi connectivity index (χ1n) is 9.15. The quantitative estimate of drug-likeness (QED) is 0.315. The van der Waals surface area contributed by atoms with Crippen molar-refractivity contribution in [2.45, 2.75) is 25.7 Å². The van der Waals surface area contributed by atoms with E-state index >= 15 is 0 Å². The van der Waals surface area contributed by atoms with Crippen LogP contribution in [0.4, 0.5) is 11.4 Å². The van der Waals surface area contributed by atoms with Crippen molar-refractivity contribution in [3.63, 3.8) is 0 Å². The summed E-state index contributed by atoms with van der Waals surface area (Å²) >= 11 is 0.976. The monoisotopic (exact) mass is 461 g/mol. The van der Waals surface area contributed by atoms with Crippen LogP contribution in [0.2, 0.25) is 0 Å². The molecular weight excluding hydrogens is 442 g/mol. The van der Waals surface area contributed by atoms with Crippen LogP contribution in [0, 0.1) is 24.0 Å². The fourth-order valence-corrected chi connectivity index (χ4v) is 4.80. The van der Waals surface area contributed by atoms with Crippen molar-refractivity contribution in [1.82, 2.24) is 4.98 Å². The predicted molar refractivity (Wildman–Crippen MR) is 117 cm³/mol. The van der Waals surface area contributed by atoms with Crippen molar-refractivity contribution in [3.05, 3.63) is 68.7 Å². The van der Waals surface area contributed by atoms with Crippen LogP contribution in [0.3, 0.4) is 0 Å². The van der Waals surface area contributed by atoms with Gasteiger partial charge in [-0.15, -0.1) is 11.3 Å².